The summed E-state index contributed by atoms with van der Waals surface area (Å²) in [5.74, 6) is -0.989. The van der Waals surface area contributed by atoms with Gasteiger partial charge >= 0.3 is 0 Å². The first-order valence-corrected chi connectivity index (χ1v) is 8.07. The first kappa shape index (κ1) is 18.1. The molecule has 0 radical (unpaired) electrons. The van der Waals surface area contributed by atoms with Gasteiger partial charge in [-0.2, -0.15) is 0 Å². The van der Waals surface area contributed by atoms with Gasteiger partial charge in [-0.25, -0.2) is 8.78 Å². The van der Waals surface area contributed by atoms with E-state index >= 15 is 0 Å². The minimum atomic E-state index is -0.514. The van der Waals surface area contributed by atoms with Gasteiger partial charge in [0.05, 0.1) is 0 Å². The van der Waals surface area contributed by atoms with Crippen LogP contribution in [0.5, 0.6) is 0 Å². The van der Waals surface area contributed by atoms with Gasteiger partial charge in [-0.1, -0.05) is 51.1 Å². The maximum Gasteiger partial charge on any atom is 0.223 e. The Hall–Kier alpha value is -2.23. The maximum absolute atomic E-state index is 13.9. The molecule has 0 unspecified atom stereocenters. The molecular weight excluding hydrogens is 308 g/mol. The molecular formula is C20H23F2NO. The molecule has 2 aromatic rings. The van der Waals surface area contributed by atoms with E-state index in [4.69, 9.17) is 0 Å². The first-order chi connectivity index (χ1) is 11.3. The van der Waals surface area contributed by atoms with Crippen LogP contribution >= 0.6 is 0 Å². The molecule has 128 valence electrons. The van der Waals surface area contributed by atoms with Crippen molar-refractivity contribution in [3.63, 3.8) is 0 Å². The Morgan fingerprint density at radius 3 is 2.50 bits per heavy atom. The van der Waals surface area contributed by atoms with Crippen LogP contribution in [0, 0.1) is 17.6 Å². The minimum Gasteiger partial charge on any atom is -0.355 e. The van der Waals surface area contributed by atoms with E-state index < -0.39 is 5.41 Å². The van der Waals surface area contributed by atoms with Crippen LogP contribution in [0.15, 0.2) is 48.5 Å². The molecule has 1 N–H and O–H groups in total. The fourth-order valence-corrected chi connectivity index (χ4v) is 2.70. The second-order valence-corrected chi connectivity index (χ2v) is 6.82. The van der Waals surface area contributed by atoms with Gasteiger partial charge in [0.1, 0.15) is 11.6 Å². The molecule has 4 heteroatoms. The van der Waals surface area contributed by atoms with Crippen LogP contribution < -0.4 is 5.32 Å². The van der Waals surface area contributed by atoms with Gasteiger partial charge in [0.2, 0.25) is 5.91 Å². The van der Waals surface area contributed by atoms with Crippen molar-refractivity contribution in [2.75, 3.05) is 6.54 Å². The summed E-state index contributed by atoms with van der Waals surface area (Å²) >= 11 is 0. The predicted molar refractivity (Wildman–Crippen MR) is 91.7 cm³/mol. The molecule has 0 bridgehead atoms. The molecule has 2 aromatic carbocycles. The third-order valence-electron chi connectivity index (χ3n) is 4.19. The summed E-state index contributed by atoms with van der Waals surface area (Å²) in [4.78, 5) is 12.3. The molecule has 0 aromatic heterocycles. The molecule has 0 aliphatic rings. The van der Waals surface area contributed by atoms with E-state index in [1.165, 1.54) is 18.2 Å². The fourth-order valence-electron chi connectivity index (χ4n) is 2.70. The summed E-state index contributed by atoms with van der Waals surface area (Å²) < 4.78 is 27.2. The van der Waals surface area contributed by atoms with Crippen LogP contribution in [0.1, 0.15) is 31.9 Å². The van der Waals surface area contributed by atoms with Crippen LogP contribution in [0.2, 0.25) is 0 Å². The Bertz CT molecular complexity index is 712. The van der Waals surface area contributed by atoms with E-state index in [0.717, 1.165) is 5.56 Å². The van der Waals surface area contributed by atoms with Crippen molar-refractivity contribution in [1.29, 1.82) is 0 Å². The Morgan fingerprint density at radius 2 is 1.83 bits per heavy atom. The Morgan fingerprint density at radius 1 is 1.12 bits per heavy atom. The van der Waals surface area contributed by atoms with Crippen LogP contribution in [0.25, 0.3) is 0 Å². The number of halogens is 2. The number of nitrogens with one attached hydrogen (secondary N) is 1. The highest BCUT2D eigenvalue weighted by atomic mass is 19.1. The summed E-state index contributed by atoms with van der Waals surface area (Å²) in [5.41, 5.74) is 0.841. The van der Waals surface area contributed by atoms with Crippen LogP contribution in [0.4, 0.5) is 8.78 Å². The lowest BCUT2D eigenvalue weighted by Gasteiger charge is -2.27. The molecule has 0 saturated carbocycles. The van der Waals surface area contributed by atoms with Crippen molar-refractivity contribution >= 4 is 5.91 Å². The number of amides is 1. The van der Waals surface area contributed by atoms with E-state index in [2.05, 4.69) is 5.32 Å². The largest absolute Gasteiger partial charge is 0.355 e. The van der Waals surface area contributed by atoms with E-state index in [1.54, 1.807) is 37.3 Å². The second-order valence-electron chi connectivity index (χ2n) is 6.82. The molecule has 1 amide bonds. The minimum absolute atomic E-state index is 0.122. The zero-order chi connectivity index (χ0) is 17.7. The summed E-state index contributed by atoms with van der Waals surface area (Å²) in [6, 6.07) is 12.8. The SMILES string of the molecule is C[C@H](Cc1cccc(F)c1)C(=O)NCC(C)(C)c1ccccc1F. The Labute approximate surface area is 141 Å². The lowest BCUT2D eigenvalue weighted by molar-refractivity contribution is -0.124. The van der Waals surface area contributed by atoms with E-state index in [9.17, 15) is 13.6 Å². The van der Waals surface area contributed by atoms with Crippen molar-refractivity contribution in [3.05, 3.63) is 71.3 Å². The molecule has 0 aliphatic heterocycles. The average Bonchev–Trinajstić information content (AvgIpc) is 2.53. The van der Waals surface area contributed by atoms with Gasteiger partial charge in [-0.3, -0.25) is 4.79 Å². The highest BCUT2D eigenvalue weighted by molar-refractivity contribution is 5.78. The van der Waals surface area contributed by atoms with Crippen LogP contribution in [-0.4, -0.2) is 12.5 Å². The smallest absolute Gasteiger partial charge is 0.223 e. The quantitative estimate of drug-likeness (QED) is 0.843. The molecule has 0 saturated heterocycles. The molecule has 2 nitrogen and oxygen atoms in total. The molecule has 0 spiro atoms. The summed E-state index contributed by atoms with van der Waals surface area (Å²) in [6.45, 7) is 5.92. The molecule has 2 rings (SSSR count). The van der Waals surface area contributed by atoms with Crippen molar-refractivity contribution in [3.8, 4) is 0 Å². The van der Waals surface area contributed by atoms with Gasteiger partial charge < -0.3 is 5.32 Å². The standard InChI is InChI=1S/C20H23F2NO/c1-14(11-15-7-6-8-16(21)12-15)19(24)23-13-20(2,3)17-9-4-5-10-18(17)22/h4-10,12,14H,11,13H2,1-3H3,(H,23,24)/t14-/m1/s1. The zero-order valence-electron chi connectivity index (χ0n) is 14.3. The van der Waals surface area contributed by atoms with Crippen molar-refractivity contribution in [2.45, 2.75) is 32.6 Å². The molecule has 0 fully saturated rings. The lowest BCUT2D eigenvalue weighted by Crippen LogP contribution is -2.40. The number of rotatable bonds is 6. The van der Waals surface area contributed by atoms with Crippen LogP contribution in [0.3, 0.4) is 0 Å². The van der Waals surface area contributed by atoms with E-state index in [0.29, 0.717) is 18.5 Å². The number of hydrogen-bond donors (Lipinski definition) is 1. The van der Waals surface area contributed by atoms with Crippen LogP contribution in [-0.2, 0) is 16.6 Å². The molecule has 24 heavy (non-hydrogen) atoms. The summed E-state index contributed by atoms with van der Waals surface area (Å²) in [7, 11) is 0. The summed E-state index contributed by atoms with van der Waals surface area (Å²) in [6.07, 6.45) is 0.462. The third kappa shape index (κ3) is 4.63. The molecule has 1 atom stereocenters. The number of benzene rings is 2. The average molecular weight is 331 g/mol. The molecule has 0 aliphatic carbocycles. The van der Waals surface area contributed by atoms with Gasteiger partial charge in [0.25, 0.3) is 0 Å². The molecule has 0 heterocycles. The normalized spacial score (nSPS) is 12.7. The Balaban J connectivity index is 1.95. The number of carbonyl (C=O) groups excluding carboxylic acids is 1. The van der Waals surface area contributed by atoms with Gasteiger partial charge in [0, 0.05) is 17.9 Å². The highest BCUT2D eigenvalue weighted by Crippen LogP contribution is 2.25. The number of hydrogen-bond acceptors (Lipinski definition) is 1. The zero-order valence-corrected chi connectivity index (χ0v) is 14.3. The predicted octanol–water partition coefficient (Wildman–Crippen LogP) is 4.24. The highest BCUT2D eigenvalue weighted by Gasteiger charge is 2.25. The van der Waals surface area contributed by atoms with Gasteiger partial charge in [-0.05, 0) is 35.7 Å². The van der Waals surface area contributed by atoms with Crippen molar-refractivity contribution in [2.24, 2.45) is 5.92 Å². The van der Waals surface area contributed by atoms with Crippen molar-refractivity contribution in [1.82, 2.24) is 5.32 Å². The lowest BCUT2D eigenvalue weighted by atomic mass is 9.84. The van der Waals surface area contributed by atoms with Crippen molar-refractivity contribution < 1.29 is 13.6 Å². The monoisotopic (exact) mass is 331 g/mol. The summed E-state index contributed by atoms with van der Waals surface area (Å²) in [5, 5.41) is 2.88. The Kier molecular flexibility index (Phi) is 5.71. The van der Waals surface area contributed by atoms with Gasteiger partial charge in [0.15, 0.2) is 0 Å². The second kappa shape index (κ2) is 7.56. The van der Waals surface area contributed by atoms with E-state index in [1.807, 2.05) is 13.8 Å². The fraction of sp³-hybridized carbons (Fsp3) is 0.350. The maximum atomic E-state index is 13.9. The third-order valence-corrected chi connectivity index (χ3v) is 4.19. The topological polar surface area (TPSA) is 29.1 Å². The van der Waals surface area contributed by atoms with Gasteiger partial charge in [-0.15, -0.1) is 0 Å². The number of carbonyl (C=O) groups is 1. The first-order valence-electron chi connectivity index (χ1n) is 8.07. The van der Waals surface area contributed by atoms with E-state index in [-0.39, 0.29) is 23.5 Å².